The van der Waals surface area contributed by atoms with Gasteiger partial charge in [0, 0.05) is 77.3 Å². The van der Waals surface area contributed by atoms with Crippen LogP contribution in [0.1, 0.15) is 88.5 Å². The number of hydrogen-bond donors (Lipinski definition) is 2. The van der Waals surface area contributed by atoms with E-state index in [1.54, 1.807) is 0 Å². The van der Waals surface area contributed by atoms with Gasteiger partial charge in [0.25, 0.3) is 0 Å². The molecule has 4 aromatic carbocycles. The maximum Gasteiger partial charge on any atom is 0.343 e. The Morgan fingerprint density at radius 1 is 0.353 bits per heavy atom. The summed E-state index contributed by atoms with van der Waals surface area (Å²) in [6.45, 7) is 44.1. The fourth-order valence-electron chi connectivity index (χ4n) is 12.1. The molecule has 8 unspecified atom stereocenters. The highest BCUT2D eigenvalue weighted by Gasteiger charge is 2.56. The first kappa shape index (κ1) is 99.0. The van der Waals surface area contributed by atoms with Crippen LogP contribution in [0.25, 0.3) is 0 Å². The highest BCUT2D eigenvalue weighted by molar-refractivity contribution is 8.75. The number of carbonyl (C=O) groups is 10. The molecule has 0 aliphatic heterocycles. The summed E-state index contributed by atoms with van der Waals surface area (Å²) < 4.78 is 70.8. The minimum atomic E-state index is -0.945. The molecule has 3 saturated carbocycles. The molecule has 0 radical (unpaired) electrons. The third-order valence-corrected chi connectivity index (χ3v) is 19.7. The summed E-state index contributed by atoms with van der Waals surface area (Å²) in [6.07, 6.45) is 15.4. The summed E-state index contributed by atoms with van der Waals surface area (Å²) >= 11 is 0.924. The highest BCUT2D eigenvalue weighted by Crippen LogP contribution is 2.62. The van der Waals surface area contributed by atoms with Gasteiger partial charge in [-0.2, -0.15) is 0 Å². The Balaban J connectivity index is 0.000000393. The van der Waals surface area contributed by atoms with Crippen molar-refractivity contribution in [3.05, 3.63) is 246 Å². The number of carbonyl (C=O) groups excluding carboxylic acids is 10. The molecule has 3 fully saturated rings. The van der Waals surface area contributed by atoms with E-state index in [0.717, 1.165) is 106 Å². The second-order valence-electron chi connectivity index (χ2n) is 26.7. The number of unbranched alkanes of at least 4 members (excludes halogenated alkanes) is 1. The Bertz CT molecular complexity index is 3620. The van der Waals surface area contributed by atoms with Crippen molar-refractivity contribution in [1.29, 1.82) is 0 Å². The number of benzene rings is 4. The van der Waals surface area contributed by atoms with Crippen molar-refractivity contribution in [3.63, 3.8) is 0 Å². The zero-order chi connectivity index (χ0) is 85.9. The lowest BCUT2D eigenvalue weighted by molar-refractivity contribution is -0.142. The molecule has 0 aromatic heterocycles. The predicted octanol–water partition coefficient (Wildman–Crippen LogP) is 12.9. The lowest BCUT2D eigenvalue weighted by Gasteiger charge is -2.31. The zero-order valence-corrected chi connectivity index (χ0v) is 68.0. The number of aliphatic hydroxyl groups excluding tert-OH is 2. The Morgan fingerprint density at radius 3 is 1.03 bits per heavy atom. The van der Waals surface area contributed by atoms with Crippen LogP contribution < -0.4 is 18.9 Å². The Labute approximate surface area is 687 Å². The molecule has 0 amide bonds. The van der Waals surface area contributed by atoms with Gasteiger partial charge in [0.2, 0.25) is 0 Å². The van der Waals surface area contributed by atoms with Crippen LogP contribution in [-0.4, -0.2) is 174 Å². The number of ether oxygens (including phenoxy) is 13. The van der Waals surface area contributed by atoms with Gasteiger partial charge >= 0.3 is 59.7 Å². The second kappa shape index (κ2) is 55.3. The standard InChI is InChI=1S/C27H32O8.C25H28O6.C18H24O4.C10H14O4.C8H10O4S2/c1-5-25(30)34-17-21(28)15-32-23-11-7-19(8-12-23)27(3,4)20-9-13-24(14-10-20)33-16-22(29)18-35-26(31)6-2;1-5-23(26)30-17-15-28-21-11-7-19(8-12-21)25(3,4)20-9-13-22(14-10-20)29-16-18-31-24(27)6-2;1-3-17(19)21-9-11-5-14-12-7-13(10-22-18(20)4-2)15(8-12)16(14)6-11;1-3-9(11)13-7-5-6-8-14-10(12)4-2;1-3-7(9)11-5-6-13-14-12-8(10)4-2/h5-14,21-22,28-29H,1-2,15-18H2,3-4H3;5-14H,1-2,15-18H2,3-4H3;3-4,11-16H,1-2,5-10H2;3-4H,1-2,5-8H2;3-4H,1-2,5-6H2. The van der Waals surface area contributed by atoms with Crippen LogP contribution >= 0.6 is 21.9 Å². The van der Waals surface area contributed by atoms with Crippen LogP contribution in [0.2, 0.25) is 0 Å². The van der Waals surface area contributed by atoms with E-state index in [9.17, 15) is 58.2 Å². The maximum absolute atomic E-state index is 11.2. The molecule has 116 heavy (non-hydrogen) atoms. The average Bonchev–Trinajstić information content (AvgIpc) is 1.59. The third-order valence-electron chi connectivity index (χ3n) is 18.1. The Hall–Kier alpha value is -11.2. The normalized spacial score (nSPS) is 16.1. The number of esters is 9. The highest BCUT2D eigenvalue weighted by atomic mass is 33.1. The van der Waals surface area contributed by atoms with E-state index < -0.39 is 60.0 Å². The first-order valence-corrected chi connectivity index (χ1v) is 39.3. The van der Waals surface area contributed by atoms with Crippen molar-refractivity contribution >= 4 is 81.6 Å². The topological polar surface area (TPSA) is 340 Å². The molecule has 0 spiro atoms. The molecule has 28 heteroatoms. The van der Waals surface area contributed by atoms with Crippen molar-refractivity contribution in [1.82, 2.24) is 0 Å². The number of rotatable bonds is 46. The Morgan fingerprint density at radius 2 is 0.664 bits per heavy atom. The summed E-state index contributed by atoms with van der Waals surface area (Å²) in [4.78, 5) is 109. The third kappa shape index (κ3) is 38.3. The SMILES string of the molecule is C=CC(=O)OCC(O)COc1ccc(C(C)(C)c2ccc(OCC(O)COC(=O)C=C)cc2)cc1.C=CC(=O)OCC1CC2C3CC(COC(=O)C=C)C(C3)C2C1.C=CC(=O)OCCCCOC(=O)C=C.C=CC(=O)OCCOc1ccc(C(C)(C)c2ccc(OCCOC(=O)C=C)cc2)cc1.C=CC(=O)OCCSSOC(=O)C=C. The lowest BCUT2D eigenvalue weighted by atomic mass is 9.76. The maximum atomic E-state index is 11.2. The molecule has 628 valence electrons. The summed E-state index contributed by atoms with van der Waals surface area (Å²) in [7, 11) is 1.26. The van der Waals surface area contributed by atoms with Gasteiger partial charge < -0.3 is 76.0 Å². The van der Waals surface area contributed by atoms with Gasteiger partial charge in [-0.1, -0.05) is 142 Å². The molecule has 2 bridgehead atoms. The second-order valence-corrected chi connectivity index (χ2v) is 28.8. The monoisotopic (exact) mass is 1640 g/mol. The number of aliphatic hydroxyl groups is 2. The minimum Gasteiger partial charge on any atom is -0.491 e. The predicted molar refractivity (Wildman–Crippen MR) is 439 cm³/mol. The van der Waals surface area contributed by atoms with Gasteiger partial charge in [0.05, 0.1) is 26.4 Å². The van der Waals surface area contributed by atoms with Gasteiger partial charge in [-0.3, -0.25) is 0 Å². The first-order valence-electron chi connectivity index (χ1n) is 37.1. The summed E-state index contributed by atoms with van der Waals surface area (Å²) in [6, 6.07) is 30.7. The molecule has 0 heterocycles. The number of fused-ring (bicyclic) bond motifs is 5. The van der Waals surface area contributed by atoms with Crippen molar-refractivity contribution < 1.29 is 124 Å². The van der Waals surface area contributed by atoms with Crippen LogP contribution in [0.3, 0.4) is 0 Å². The van der Waals surface area contributed by atoms with E-state index in [-0.39, 0.29) is 82.2 Å². The van der Waals surface area contributed by atoms with Crippen LogP contribution in [-0.2, 0) is 106 Å². The van der Waals surface area contributed by atoms with Crippen molar-refractivity contribution in [2.24, 2.45) is 35.5 Å². The van der Waals surface area contributed by atoms with Crippen LogP contribution in [0, 0.1) is 35.5 Å². The van der Waals surface area contributed by atoms with Crippen LogP contribution in [0.4, 0.5) is 0 Å². The molecular weight excluding hydrogens is 1540 g/mol. The van der Waals surface area contributed by atoms with Crippen molar-refractivity contribution in [3.8, 4) is 23.0 Å². The van der Waals surface area contributed by atoms with Gasteiger partial charge in [-0.05, 0) is 156 Å². The zero-order valence-electron chi connectivity index (χ0n) is 66.4. The fraction of sp³-hybridized carbons (Fsp3) is 0.386. The average molecular weight is 1650 g/mol. The summed E-state index contributed by atoms with van der Waals surface area (Å²) in [5.74, 6) is 2.44. The van der Waals surface area contributed by atoms with Crippen molar-refractivity contribution in [2.75, 3.05) is 91.6 Å². The van der Waals surface area contributed by atoms with E-state index >= 15 is 0 Å². The van der Waals surface area contributed by atoms with E-state index in [1.807, 2.05) is 97.1 Å². The van der Waals surface area contributed by atoms with Gasteiger partial charge in [-0.25, -0.2) is 47.9 Å². The molecule has 4 aromatic rings. The van der Waals surface area contributed by atoms with E-state index in [1.165, 1.54) is 42.2 Å². The summed E-state index contributed by atoms with van der Waals surface area (Å²) in [5.41, 5.74) is 3.83. The molecular formula is C88H108O26S2. The smallest absolute Gasteiger partial charge is 0.343 e. The van der Waals surface area contributed by atoms with E-state index in [4.69, 9.17) is 56.8 Å². The fourth-order valence-corrected chi connectivity index (χ4v) is 13.2. The van der Waals surface area contributed by atoms with Crippen molar-refractivity contribution in [2.45, 2.75) is 89.3 Å². The minimum absolute atomic E-state index is 0.0139. The largest absolute Gasteiger partial charge is 0.491 e. The molecule has 7 rings (SSSR count). The molecule has 3 aliphatic carbocycles. The molecule has 0 saturated heterocycles. The lowest BCUT2D eigenvalue weighted by Crippen LogP contribution is -2.28. The molecule has 26 nitrogen and oxygen atoms in total. The molecule has 2 N–H and O–H groups in total. The van der Waals surface area contributed by atoms with Gasteiger partial charge in [0.1, 0.15) is 106 Å². The van der Waals surface area contributed by atoms with Gasteiger partial charge in [-0.15, -0.1) is 0 Å². The summed E-state index contributed by atoms with van der Waals surface area (Å²) in [5, 5.41) is 19.7. The van der Waals surface area contributed by atoms with Crippen LogP contribution in [0.5, 0.6) is 23.0 Å². The van der Waals surface area contributed by atoms with Gasteiger partial charge in [0.15, 0.2) is 0 Å². The first-order chi connectivity index (χ1) is 55.5. The quantitative estimate of drug-likeness (QED) is 0.0104. The molecule has 3 aliphatic rings. The van der Waals surface area contributed by atoms with E-state index in [0.29, 0.717) is 85.8 Å². The van der Waals surface area contributed by atoms with E-state index in [2.05, 4.69) is 102 Å². The molecule has 8 atom stereocenters. The Kier molecular flexibility index (Phi) is 47.2. The van der Waals surface area contributed by atoms with Crippen LogP contribution in [0.15, 0.2) is 224 Å². The number of hydrogen-bond acceptors (Lipinski definition) is 28.